The Bertz CT molecular complexity index is 862. The molecular formula is C19H19ClN4O2. The molecule has 1 aliphatic rings. The first-order chi connectivity index (χ1) is 12.3. The van der Waals surface area contributed by atoms with Gasteiger partial charge in [-0.3, -0.25) is 4.98 Å². The molecule has 3 heterocycles. The first-order valence-corrected chi connectivity index (χ1v) is 8.20. The van der Waals surface area contributed by atoms with Crippen molar-refractivity contribution < 1.29 is 9.47 Å². The summed E-state index contributed by atoms with van der Waals surface area (Å²) in [6.07, 6.45) is 8.74. The molecule has 0 fully saturated rings. The van der Waals surface area contributed by atoms with Crippen LogP contribution in [0.2, 0.25) is 0 Å². The number of nitrogens with zero attached hydrogens (tertiary/aromatic N) is 4. The Morgan fingerprint density at radius 1 is 1.19 bits per heavy atom. The fourth-order valence-corrected chi connectivity index (χ4v) is 3.14. The van der Waals surface area contributed by atoms with Gasteiger partial charge in [-0.05, 0) is 36.1 Å². The van der Waals surface area contributed by atoms with Crippen LogP contribution in [0.25, 0.3) is 11.1 Å². The quantitative estimate of drug-likeness (QED) is 0.683. The van der Waals surface area contributed by atoms with Crippen LogP contribution in [0.4, 0.5) is 0 Å². The number of ether oxygens (including phenoxy) is 2. The molecule has 0 radical (unpaired) electrons. The number of aromatic nitrogens is 4. The van der Waals surface area contributed by atoms with Crippen molar-refractivity contribution in [2.45, 2.75) is 25.6 Å². The van der Waals surface area contributed by atoms with Crippen molar-refractivity contribution in [1.29, 1.82) is 0 Å². The molecule has 3 aromatic heterocycles. The highest BCUT2D eigenvalue weighted by atomic mass is 35.5. The molecule has 7 heteroatoms. The van der Waals surface area contributed by atoms with Crippen molar-refractivity contribution >= 4 is 12.4 Å². The third-order valence-electron chi connectivity index (χ3n) is 4.34. The van der Waals surface area contributed by atoms with E-state index in [1.807, 2.05) is 36.7 Å². The minimum absolute atomic E-state index is 0. The van der Waals surface area contributed by atoms with Crippen LogP contribution in [0, 0.1) is 0 Å². The Labute approximate surface area is 158 Å². The molecule has 0 aliphatic heterocycles. The van der Waals surface area contributed by atoms with Crippen LogP contribution in [-0.4, -0.2) is 27.0 Å². The van der Waals surface area contributed by atoms with E-state index in [1.54, 1.807) is 13.3 Å². The van der Waals surface area contributed by atoms with Crippen molar-refractivity contribution in [3.63, 3.8) is 0 Å². The first kappa shape index (κ1) is 18.2. The highest BCUT2D eigenvalue weighted by Gasteiger charge is 2.28. The number of halogens is 1. The van der Waals surface area contributed by atoms with Crippen LogP contribution in [0.3, 0.4) is 0 Å². The second-order valence-corrected chi connectivity index (χ2v) is 5.87. The fourth-order valence-electron chi connectivity index (χ4n) is 3.14. The van der Waals surface area contributed by atoms with E-state index in [2.05, 4.69) is 15.0 Å². The molecule has 0 saturated heterocycles. The van der Waals surface area contributed by atoms with E-state index >= 15 is 0 Å². The Morgan fingerprint density at radius 3 is 2.77 bits per heavy atom. The molecule has 0 spiro atoms. The summed E-state index contributed by atoms with van der Waals surface area (Å²) in [6, 6.07) is 7.71. The van der Waals surface area contributed by atoms with Crippen molar-refractivity contribution in [3.05, 3.63) is 66.1 Å². The number of rotatable bonds is 5. The van der Waals surface area contributed by atoms with E-state index in [4.69, 9.17) is 14.5 Å². The third-order valence-corrected chi connectivity index (χ3v) is 4.34. The summed E-state index contributed by atoms with van der Waals surface area (Å²) < 4.78 is 11.5. The van der Waals surface area contributed by atoms with E-state index in [-0.39, 0.29) is 18.5 Å². The van der Waals surface area contributed by atoms with Gasteiger partial charge in [0.15, 0.2) is 0 Å². The van der Waals surface area contributed by atoms with Gasteiger partial charge in [-0.1, -0.05) is 6.07 Å². The second-order valence-electron chi connectivity index (χ2n) is 5.87. The Balaban J connectivity index is 0.00000196. The number of pyridine rings is 2. The molecule has 0 N–H and O–H groups in total. The number of fused-ring (bicyclic) bond motifs is 1. The van der Waals surface area contributed by atoms with Gasteiger partial charge < -0.3 is 9.47 Å². The minimum atomic E-state index is -0.00298. The maximum atomic E-state index is 5.90. The van der Waals surface area contributed by atoms with Crippen LogP contribution in [0.5, 0.6) is 5.88 Å². The Hall–Kier alpha value is -2.57. The van der Waals surface area contributed by atoms with E-state index in [0.29, 0.717) is 12.5 Å². The minimum Gasteiger partial charge on any atom is -0.471 e. The summed E-state index contributed by atoms with van der Waals surface area (Å²) in [7, 11) is 1.72. The lowest BCUT2D eigenvalue weighted by Crippen LogP contribution is -2.05. The lowest BCUT2D eigenvalue weighted by atomic mass is 10.0. The van der Waals surface area contributed by atoms with E-state index in [1.165, 1.54) is 11.9 Å². The van der Waals surface area contributed by atoms with Gasteiger partial charge in [0.05, 0.1) is 17.5 Å². The van der Waals surface area contributed by atoms with Crippen LogP contribution in [-0.2, 0) is 17.8 Å². The zero-order valence-corrected chi connectivity index (χ0v) is 15.1. The molecule has 0 saturated carbocycles. The number of hydrogen-bond acceptors (Lipinski definition) is 6. The fraction of sp³-hybridized carbons (Fsp3) is 0.263. The zero-order chi connectivity index (χ0) is 17.1. The molecule has 0 aromatic carbocycles. The maximum Gasteiger partial charge on any atom is 0.214 e. The van der Waals surface area contributed by atoms with Gasteiger partial charge in [-0.25, -0.2) is 15.0 Å². The summed E-state index contributed by atoms with van der Waals surface area (Å²) in [5, 5.41) is 0. The average molecular weight is 371 g/mol. The summed E-state index contributed by atoms with van der Waals surface area (Å²) in [5.41, 5.74) is 5.01. The van der Waals surface area contributed by atoms with Crippen molar-refractivity contribution in [2.24, 2.45) is 0 Å². The molecular weight excluding hydrogens is 352 g/mol. The molecule has 26 heavy (non-hydrogen) atoms. The highest BCUT2D eigenvalue weighted by molar-refractivity contribution is 5.85. The second kappa shape index (κ2) is 8.21. The van der Waals surface area contributed by atoms with Crippen LogP contribution in [0.15, 0.2) is 49.2 Å². The molecule has 6 nitrogen and oxygen atoms in total. The van der Waals surface area contributed by atoms with Gasteiger partial charge in [0.25, 0.3) is 0 Å². The molecule has 0 amide bonds. The largest absolute Gasteiger partial charge is 0.471 e. The maximum absolute atomic E-state index is 5.90. The molecule has 4 rings (SSSR count). The SMILES string of the molecule is COC1CCc2c(-c3cncnc3)cc(OCc3ccccn3)nc21.Cl. The van der Waals surface area contributed by atoms with Gasteiger partial charge in [-0.15, -0.1) is 12.4 Å². The summed E-state index contributed by atoms with van der Waals surface area (Å²) in [4.78, 5) is 17.2. The molecule has 134 valence electrons. The predicted octanol–water partition coefficient (Wildman–Crippen LogP) is 3.57. The normalized spacial score (nSPS) is 15.2. The van der Waals surface area contributed by atoms with Crippen LogP contribution in [0.1, 0.15) is 29.5 Å². The predicted molar refractivity (Wildman–Crippen MR) is 99.2 cm³/mol. The van der Waals surface area contributed by atoms with E-state index in [9.17, 15) is 0 Å². The van der Waals surface area contributed by atoms with Gasteiger partial charge in [-0.2, -0.15) is 0 Å². The Morgan fingerprint density at radius 2 is 2.04 bits per heavy atom. The van der Waals surface area contributed by atoms with Crippen molar-refractivity contribution in [1.82, 2.24) is 19.9 Å². The van der Waals surface area contributed by atoms with Gasteiger partial charge in [0.1, 0.15) is 12.9 Å². The molecule has 1 unspecified atom stereocenters. The zero-order valence-electron chi connectivity index (χ0n) is 14.3. The lowest BCUT2D eigenvalue weighted by molar-refractivity contribution is 0.101. The van der Waals surface area contributed by atoms with E-state index in [0.717, 1.165) is 35.4 Å². The highest BCUT2D eigenvalue weighted by Crippen LogP contribution is 2.39. The number of methoxy groups -OCH3 is 1. The van der Waals surface area contributed by atoms with Crippen LogP contribution >= 0.6 is 12.4 Å². The molecule has 0 bridgehead atoms. The van der Waals surface area contributed by atoms with Gasteiger partial charge in [0, 0.05) is 37.3 Å². The lowest BCUT2D eigenvalue weighted by Gasteiger charge is -2.14. The topological polar surface area (TPSA) is 70.0 Å². The van der Waals surface area contributed by atoms with Crippen LogP contribution < -0.4 is 4.74 Å². The summed E-state index contributed by atoms with van der Waals surface area (Å²) >= 11 is 0. The summed E-state index contributed by atoms with van der Waals surface area (Å²) in [5.74, 6) is 0.562. The third kappa shape index (κ3) is 3.66. The summed E-state index contributed by atoms with van der Waals surface area (Å²) in [6.45, 7) is 0.370. The molecule has 1 atom stereocenters. The standard InChI is InChI=1S/C19H18N4O2.ClH/c1-24-17-6-5-15-16(13-9-20-12-21-10-13)8-18(23-19(15)17)25-11-14-4-2-3-7-22-14;/h2-4,7-10,12,17H,5-6,11H2,1H3;1H. The smallest absolute Gasteiger partial charge is 0.214 e. The average Bonchev–Trinajstić information content (AvgIpc) is 3.10. The Kier molecular flexibility index (Phi) is 5.75. The molecule has 3 aromatic rings. The van der Waals surface area contributed by atoms with E-state index < -0.39 is 0 Å². The molecule has 1 aliphatic carbocycles. The van der Waals surface area contributed by atoms with Gasteiger partial charge >= 0.3 is 0 Å². The number of hydrogen-bond donors (Lipinski definition) is 0. The van der Waals surface area contributed by atoms with Crippen molar-refractivity contribution in [3.8, 4) is 17.0 Å². The van der Waals surface area contributed by atoms with Gasteiger partial charge in [0.2, 0.25) is 5.88 Å². The van der Waals surface area contributed by atoms with Crippen molar-refractivity contribution in [2.75, 3.05) is 7.11 Å². The first-order valence-electron chi connectivity index (χ1n) is 8.20. The monoisotopic (exact) mass is 370 g/mol.